The largest absolute Gasteiger partial charge is 0.383 e. The lowest BCUT2D eigenvalue weighted by Crippen LogP contribution is -2.50. The quantitative estimate of drug-likeness (QED) is 0.525. The fourth-order valence-corrected chi connectivity index (χ4v) is 2.77. The van der Waals surface area contributed by atoms with E-state index in [1.807, 2.05) is 6.92 Å². The molecule has 140 valence electrons. The maximum Gasteiger partial charge on any atom is 0.275 e. The Kier molecular flexibility index (Phi) is 6.90. The molecule has 0 aliphatic carbocycles. The number of ether oxygens (including phenoxy) is 1. The number of benzene rings is 1. The van der Waals surface area contributed by atoms with Crippen molar-refractivity contribution in [2.75, 3.05) is 13.7 Å². The molecular formula is C16H18ClFN4O3S. The van der Waals surface area contributed by atoms with Gasteiger partial charge in [0, 0.05) is 13.2 Å². The molecule has 3 N–H and O–H groups in total. The third kappa shape index (κ3) is 4.69. The molecule has 0 saturated carbocycles. The minimum absolute atomic E-state index is 0.00872. The molecule has 10 heteroatoms. The zero-order chi connectivity index (χ0) is 19.3. The van der Waals surface area contributed by atoms with Crippen LogP contribution in [0.15, 0.2) is 22.7 Å². The summed E-state index contributed by atoms with van der Waals surface area (Å²) in [7, 11) is 1.57. The molecule has 0 unspecified atom stereocenters. The van der Waals surface area contributed by atoms with Gasteiger partial charge in [0.15, 0.2) is 5.11 Å². The molecular weight excluding hydrogens is 383 g/mol. The van der Waals surface area contributed by atoms with E-state index in [-0.39, 0.29) is 38.8 Å². The zero-order valence-corrected chi connectivity index (χ0v) is 15.9. The number of nitrogens with zero attached hydrogens (tertiary/aromatic N) is 1. The van der Waals surface area contributed by atoms with Crippen molar-refractivity contribution in [2.45, 2.75) is 19.9 Å². The van der Waals surface area contributed by atoms with E-state index in [9.17, 15) is 9.18 Å². The second-order valence-electron chi connectivity index (χ2n) is 5.47. The van der Waals surface area contributed by atoms with Crippen LogP contribution in [-0.2, 0) is 4.74 Å². The van der Waals surface area contributed by atoms with Crippen LogP contribution in [0.3, 0.4) is 0 Å². The molecule has 2 aromatic rings. The molecule has 1 amide bonds. The number of thiocarbonyl (C=S) groups is 1. The second-order valence-corrected chi connectivity index (χ2v) is 6.28. The van der Waals surface area contributed by atoms with E-state index >= 15 is 0 Å². The van der Waals surface area contributed by atoms with E-state index < -0.39 is 11.7 Å². The number of hydrogen-bond donors (Lipinski definition) is 3. The molecule has 1 atom stereocenters. The van der Waals surface area contributed by atoms with Gasteiger partial charge in [-0.1, -0.05) is 22.8 Å². The molecule has 0 radical (unpaired) electrons. The Bertz CT molecular complexity index is 795. The van der Waals surface area contributed by atoms with Gasteiger partial charge >= 0.3 is 0 Å². The number of halogens is 2. The Morgan fingerprint density at radius 1 is 1.46 bits per heavy atom. The van der Waals surface area contributed by atoms with Crippen LogP contribution in [0.4, 0.5) is 4.39 Å². The number of amides is 1. The number of aryl methyl sites for hydroxylation is 1. The predicted octanol–water partition coefficient (Wildman–Crippen LogP) is 2.59. The van der Waals surface area contributed by atoms with Crippen molar-refractivity contribution >= 4 is 34.8 Å². The molecule has 0 bridgehead atoms. The first-order valence-electron chi connectivity index (χ1n) is 7.61. The molecule has 1 aromatic heterocycles. The van der Waals surface area contributed by atoms with Crippen molar-refractivity contribution in [3.05, 3.63) is 40.4 Å². The number of hydrazine groups is 1. The monoisotopic (exact) mass is 400 g/mol. The van der Waals surface area contributed by atoms with Gasteiger partial charge in [-0.3, -0.25) is 15.6 Å². The zero-order valence-electron chi connectivity index (χ0n) is 14.4. The third-order valence-corrected chi connectivity index (χ3v) is 3.91. The van der Waals surface area contributed by atoms with Crippen LogP contribution in [0.5, 0.6) is 0 Å². The number of hydrogen-bond acceptors (Lipinski definition) is 5. The number of methoxy groups -OCH3 is 1. The molecule has 1 heterocycles. The fraction of sp³-hybridized carbons (Fsp3) is 0.312. The van der Waals surface area contributed by atoms with E-state index in [1.54, 1.807) is 7.11 Å². The third-order valence-electron chi connectivity index (χ3n) is 3.37. The van der Waals surface area contributed by atoms with Gasteiger partial charge in [0.25, 0.3) is 5.91 Å². The van der Waals surface area contributed by atoms with E-state index in [1.165, 1.54) is 25.1 Å². The molecule has 1 aromatic carbocycles. The molecule has 0 aliphatic rings. The van der Waals surface area contributed by atoms with Crippen molar-refractivity contribution < 1.29 is 18.4 Å². The van der Waals surface area contributed by atoms with Crippen LogP contribution in [-0.4, -0.2) is 35.9 Å². The minimum atomic E-state index is -0.613. The summed E-state index contributed by atoms with van der Waals surface area (Å²) in [6.07, 6.45) is 0. The van der Waals surface area contributed by atoms with E-state index in [0.29, 0.717) is 6.61 Å². The molecule has 0 fully saturated rings. The molecule has 2 rings (SSSR count). The predicted molar refractivity (Wildman–Crippen MR) is 99.3 cm³/mol. The number of carbonyl (C=O) groups is 1. The van der Waals surface area contributed by atoms with Gasteiger partial charge in [0.2, 0.25) is 0 Å². The summed E-state index contributed by atoms with van der Waals surface area (Å²) in [5, 5.41) is 7.01. The van der Waals surface area contributed by atoms with E-state index in [0.717, 1.165) is 0 Å². The molecule has 0 saturated heterocycles. The normalized spacial score (nSPS) is 11.7. The molecule has 0 aliphatic heterocycles. The van der Waals surface area contributed by atoms with Crippen molar-refractivity contribution in [3.8, 4) is 11.3 Å². The summed E-state index contributed by atoms with van der Waals surface area (Å²) in [6.45, 7) is 3.84. The summed E-state index contributed by atoms with van der Waals surface area (Å²) >= 11 is 11.1. The van der Waals surface area contributed by atoms with Crippen LogP contribution in [0.1, 0.15) is 23.0 Å². The van der Waals surface area contributed by atoms with Gasteiger partial charge in [-0.25, -0.2) is 4.39 Å². The Hall–Kier alpha value is -2.23. The standard InChI is InChI=1S/C16H18ClFN4O3S/c1-8(7-24-3)19-16(26)21-20-15(23)12-9(2)25-22-14(12)13-10(17)5-4-6-11(13)18/h4-6,8H,7H2,1-3H3,(H,20,23)(H2,19,21,26)/t8-/m0/s1. The van der Waals surface area contributed by atoms with Crippen LogP contribution < -0.4 is 16.2 Å². The highest BCUT2D eigenvalue weighted by Crippen LogP contribution is 2.33. The Balaban J connectivity index is 2.16. The number of carbonyl (C=O) groups excluding carboxylic acids is 1. The van der Waals surface area contributed by atoms with Gasteiger partial charge in [0.1, 0.15) is 22.8 Å². The summed E-state index contributed by atoms with van der Waals surface area (Å²) in [5.41, 5.74) is 5.04. The highest BCUT2D eigenvalue weighted by Gasteiger charge is 2.25. The fourth-order valence-electron chi connectivity index (χ4n) is 2.26. The van der Waals surface area contributed by atoms with Crippen molar-refractivity contribution in [1.82, 2.24) is 21.3 Å². The maximum atomic E-state index is 14.2. The van der Waals surface area contributed by atoms with Gasteiger partial charge in [0.05, 0.1) is 17.2 Å². The molecule has 0 spiro atoms. The highest BCUT2D eigenvalue weighted by atomic mass is 35.5. The smallest absolute Gasteiger partial charge is 0.275 e. The number of aromatic nitrogens is 1. The van der Waals surface area contributed by atoms with Crippen LogP contribution >= 0.6 is 23.8 Å². The first kappa shape index (κ1) is 20.1. The summed E-state index contributed by atoms with van der Waals surface area (Å²) < 4.78 is 24.2. The topological polar surface area (TPSA) is 88.4 Å². The number of rotatable bonds is 5. The number of nitrogens with one attached hydrogen (secondary N) is 3. The van der Waals surface area contributed by atoms with Crippen LogP contribution in [0.2, 0.25) is 5.02 Å². The van der Waals surface area contributed by atoms with Gasteiger partial charge in [-0.15, -0.1) is 0 Å². The van der Waals surface area contributed by atoms with Gasteiger partial charge < -0.3 is 14.6 Å². The lowest BCUT2D eigenvalue weighted by Gasteiger charge is -2.16. The summed E-state index contributed by atoms with van der Waals surface area (Å²) in [6, 6.07) is 4.13. The lowest BCUT2D eigenvalue weighted by atomic mass is 10.1. The minimum Gasteiger partial charge on any atom is -0.383 e. The van der Waals surface area contributed by atoms with Gasteiger partial charge in [-0.2, -0.15) is 0 Å². The average Bonchev–Trinajstić information content (AvgIpc) is 2.94. The van der Waals surface area contributed by atoms with Crippen molar-refractivity contribution in [1.29, 1.82) is 0 Å². The summed E-state index contributed by atoms with van der Waals surface area (Å²) in [5.74, 6) is -0.995. The average molecular weight is 401 g/mol. The Morgan fingerprint density at radius 2 is 2.19 bits per heavy atom. The van der Waals surface area contributed by atoms with E-state index in [4.69, 9.17) is 33.1 Å². The first-order valence-corrected chi connectivity index (χ1v) is 8.40. The SMILES string of the molecule is COC[C@H](C)NC(=S)NNC(=O)c1c(-c2c(F)cccc2Cl)noc1C. The highest BCUT2D eigenvalue weighted by molar-refractivity contribution is 7.80. The van der Waals surface area contributed by atoms with Crippen molar-refractivity contribution in [2.24, 2.45) is 0 Å². The molecule has 26 heavy (non-hydrogen) atoms. The van der Waals surface area contributed by atoms with E-state index in [2.05, 4.69) is 21.3 Å². The first-order chi connectivity index (χ1) is 12.3. The Morgan fingerprint density at radius 3 is 2.85 bits per heavy atom. The maximum absolute atomic E-state index is 14.2. The summed E-state index contributed by atoms with van der Waals surface area (Å²) in [4.78, 5) is 12.5. The van der Waals surface area contributed by atoms with Crippen LogP contribution in [0, 0.1) is 12.7 Å². The van der Waals surface area contributed by atoms with Crippen molar-refractivity contribution in [3.63, 3.8) is 0 Å². The van der Waals surface area contributed by atoms with Crippen LogP contribution in [0.25, 0.3) is 11.3 Å². The lowest BCUT2D eigenvalue weighted by molar-refractivity contribution is 0.0942. The second kappa shape index (κ2) is 8.93. The Labute approximate surface area is 160 Å². The van der Waals surface area contributed by atoms with Gasteiger partial charge in [-0.05, 0) is 38.2 Å². The molecule has 7 nitrogen and oxygen atoms in total.